The van der Waals surface area contributed by atoms with Crippen LogP contribution in [0.5, 0.6) is 0 Å². The number of aliphatic hydroxyl groups excluding tert-OH is 2. The zero-order valence-electron chi connectivity index (χ0n) is 6.61. The zero-order valence-corrected chi connectivity index (χ0v) is 7.50. The SMILES string of the molecule is O=C[C@H](O)C[C@H](O)COP(=O)(O)O. The van der Waals surface area contributed by atoms with E-state index in [1.807, 2.05) is 0 Å². The number of rotatable bonds is 6. The van der Waals surface area contributed by atoms with Crippen LogP contribution in [-0.2, 0) is 13.9 Å². The molecule has 0 aliphatic rings. The summed E-state index contributed by atoms with van der Waals surface area (Å²) >= 11 is 0. The first kappa shape index (κ1) is 12.7. The Morgan fingerprint density at radius 1 is 1.38 bits per heavy atom. The van der Waals surface area contributed by atoms with E-state index >= 15 is 0 Å². The number of hydrogen-bond donors (Lipinski definition) is 4. The van der Waals surface area contributed by atoms with Crippen LogP contribution in [-0.4, -0.2) is 45.1 Å². The predicted molar refractivity (Wildman–Crippen MR) is 40.7 cm³/mol. The molecule has 0 heterocycles. The fourth-order valence-corrected chi connectivity index (χ4v) is 0.952. The topological polar surface area (TPSA) is 124 Å². The van der Waals surface area contributed by atoms with Crippen molar-refractivity contribution < 1.29 is 33.9 Å². The van der Waals surface area contributed by atoms with Crippen molar-refractivity contribution in [3.63, 3.8) is 0 Å². The van der Waals surface area contributed by atoms with Gasteiger partial charge in [-0.05, 0) is 0 Å². The lowest BCUT2D eigenvalue weighted by Gasteiger charge is -2.12. The van der Waals surface area contributed by atoms with E-state index in [4.69, 9.17) is 20.0 Å². The third-order valence-electron chi connectivity index (χ3n) is 1.11. The molecule has 0 radical (unpaired) electrons. The van der Waals surface area contributed by atoms with E-state index in [1.165, 1.54) is 0 Å². The van der Waals surface area contributed by atoms with Crippen LogP contribution in [0.25, 0.3) is 0 Å². The third-order valence-corrected chi connectivity index (χ3v) is 1.59. The van der Waals surface area contributed by atoms with Crippen LogP contribution < -0.4 is 0 Å². The third kappa shape index (κ3) is 8.04. The molecule has 13 heavy (non-hydrogen) atoms. The molecule has 0 aliphatic carbocycles. The minimum atomic E-state index is -4.60. The summed E-state index contributed by atoms with van der Waals surface area (Å²) in [7, 11) is -4.60. The normalized spacial score (nSPS) is 16.6. The van der Waals surface area contributed by atoms with Crippen LogP contribution in [0, 0.1) is 0 Å². The molecule has 0 fully saturated rings. The molecule has 4 N–H and O–H groups in total. The first-order chi connectivity index (χ1) is 5.85. The summed E-state index contributed by atoms with van der Waals surface area (Å²) < 4.78 is 14.0. The Balaban J connectivity index is 3.69. The maximum atomic E-state index is 10.1. The van der Waals surface area contributed by atoms with Crippen molar-refractivity contribution in [1.82, 2.24) is 0 Å². The second-order valence-corrected chi connectivity index (χ2v) is 3.62. The van der Waals surface area contributed by atoms with Crippen molar-refractivity contribution >= 4 is 14.1 Å². The highest BCUT2D eigenvalue weighted by atomic mass is 31.2. The van der Waals surface area contributed by atoms with Crippen LogP contribution in [0.1, 0.15) is 6.42 Å². The average Bonchev–Trinajstić information content (AvgIpc) is 1.99. The van der Waals surface area contributed by atoms with E-state index in [0.29, 0.717) is 0 Å². The molecule has 8 heteroatoms. The lowest BCUT2D eigenvalue weighted by atomic mass is 10.2. The van der Waals surface area contributed by atoms with E-state index in [2.05, 4.69) is 4.52 Å². The van der Waals surface area contributed by atoms with Gasteiger partial charge in [-0.15, -0.1) is 0 Å². The molecular weight excluding hydrogens is 203 g/mol. The van der Waals surface area contributed by atoms with Crippen LogP contribution in [0.3, 0.4) is 0 Å². The lowest BCUT2D eigenvalue weighted by Crippen LogP contribution is -2.22. The highest BCUT2D eigenvalue weighted by Gasteiger charge is 2.18. The number of aldehydes is 1. The van der Waals surface area contributed by atoms with Gasteiger partial charge in [-0.1, -0.05) is 0 Å². The molecule has 0 aromatic rings. The summed E-state index contributed by atoms with van der Waals surface area (Å²) in [4.78, 5) is 26.3. The van der Waals surface area contributed by atoms with Crippen molar-refractivity contribution in [1.29, 1.82) is 0 Å². The minimum Gasteiger partial charge on any atom is -0.391 e. The maximum Gasteiger partial charge on any atom is 0.469 e. The van der Waals surface area contributed by atoms with Gasteiger partial charge in [-0.3, -0.25) is 4.52 Å². The molecule has 2 atom stereocenters. The molecular formula is C5H11O7P. The van der Waals surface area contributed by atoms with Gasteiger partial charge in [0.1, 0.15) is 12.4 Å². The number of phosphoric acid groups is 1. The Morgan fingerprint density at radius 2 is 1.92 bits per heavy atom. The molecule has 0 aliphatic heterocycles. The Morgan fingerprint density at radius 3 is 2.31 bits per heavy atom. The van der Waals surface area contributed by atoms with E-state index < -0.39 is 26.6 Å². The van der Waals surface area contributed by atoms with Crippen LogP contribution in [0.15, 0.2) is 0 Å². The Bertz CT molecular complexity index is 199. The Labute approximate surface area is 74.2 Å². The number of carbonyl (C=O) groups excluding carboxylic acids is 1. The van der Waals surface area contributed by atoms with Gasteiger partial charge in [-0.25, -0.2) is 4.57 Å². The summed E-state index contributed by atoms with van der Waals surface area (Å²) in [6.45, 7) is -0.630. The standard InChI is InChI=1S/C5H11O7P/c6-2-4(7)1-5(8)3-12-13(9,10)11/h2,4-5,7-8H,1,3H2,(H2,9,10,11)/t4-,5+/m1/s1. The molecule has 0 aromatic carbocycles. The van der Waals surface area contributed by atoms with E-state index in [9.17, 15) is 9.36 Å². The largest absolute Gasteiger partial charge is 0.469 e. The lowest BCUT2D eigenvalue weighted by molar-refractivity contribution is -0.116. The van der Waals surface area contributed by atoms with Crippen LogP contribution >= 0.6 is 7.82 Å². The molecule has 7 nitrogen and oxygen atoms in total. The molecule has 0 saturated heterocycles. The summed E-state index contributed by atoms with van der Waals surface area (Å²) in [6.07, 6.45) is -2.74. The fourth-order valence-electron chi connectivity index (χ4n) is 0.585. The number of carbonyl (C=O) groups is 1. The maximum absolute atomic E-state index is 10.1. The number of aliphatic hydroxyl groups is 2. The molecule has 0 bridgehead atoms. The van der Waals surface area contributed by atoms with Gasteiger partial charge in [0.05, 0.1) is 12.7 Å². The molecule has 0 unspecified atom stereocenters. The monoisotopic (exact) mass is 214 g/mol. The molecule has 0 saturated carbocycles. The van der Waals surface area contributed by atoms with Crippen molar-refractivity contribution in [2.75, 3.05) is 6.61 Å². The van der Waals surface area contributed by atoms with E-state index in [0.717, 1.165) is 0 Å². The van der Waals surface area contributed by atoms with E-state index in [-0.39, 0.29) is 12.7 Å². The van der Waals surface area contributed by atoms with Gasteiger partial charge < -0.3 is 24.8 Å². The van der Waals surface area contributed by atoms with Crippen LogP contribution in [0.4, 0.5) is 0 Å². The molecule has 0 aromatic heterocycles. The predicted octanol–water partition coefficient (Wildman–Crippen LogP) is -1.59. The Hall–Kier alpha value is -0.300. The first-order valence-electron chi connectivity index (χ1n) is 3.36. The first-order valence-corrected chi connectivity index (χ1v) is 4.89. The second-order valence-electron chi connectivity index (χ2n) is 2.38. The summed E-state index contributed by atoms with van der Waals surface area (Å²) in [6, 6.07) is 0. The highest BCUT2D eigenvalue weighted by Crippen LogP contribution is 2.35. The molecule has 78 valence electrons. The number of hydrogen-bond acceptors (Lipinski definition) is 5. The fraction of sp³-hybridized carbons (Fsp3) is 0.800. The second kappa shape index (κ2) is 5.43. The van der Waals surface area contributed by atoms with E-state index in [1.54, 1.807) is 0 Å². The Kier molecular flexibility index (Phi) is 5.31. The van der Waals surface area contributed by atoms with Gasteiger partial charge in [0, 0.05) is 6.42 Å². The van der Waals surface area contributed by atoms with Crippen molar-refractivity contribution in [2.45, 2.75) is 18.6 Å². The average molecular weight is 214 g/mol. The van der Waals surface area contributed by atoms with Crippen LogP contribution in [0.2, 0.25) is 0 Å². The molecule has 0 rings (SSSR count). The highest BCUT2D eigenvalue weighted by molar-refractivity contribution is 7.46. The van der Waals surface area contributed by atoms with Gasteiger partial charge >= 0.3 is 7.82 Å². The van der Waals surface area contributed by atoms with Crippen molar-refractivity contribution in [3.05, 3.63) is 0 Å². The van der Waals surface area contributed by atoms with Gasteiger partial charge in [0.2, 0.25) is 0 Å². The summed E-state index contributed by atoms with van der Waals surface area (Å²) in [5.74, 6) is 0. The number of phosphoric ester groups is 1. The molecule has 0 amide bonds. The van der Waals surface area contributed by atoms with Crippen molar-refractivity contribution in [2.24, 2.45) is 0 Å². The van der Waals surface area contributed by atoms with Gasteiger partial charge in [-0.2, -0.15) is 0 Å². The quantitative estimate of drug-likeness (QED) is 0.310. The summed E-state index contributed by atoms with van der Waals surface area (Å²) in [5, 5.41) is 17.6. The smallest absolute Gasteiger partial charge is 0.391 e. The van der Waals surface area contributed by atoms with Gasteiger partial charge in [0.15, 0.2) is 0 Å². The minimum absolute atomic E-state index is 0.209. The van der Waals surface area contributed by atoms with Crippen molar-refractivity contribution in [3.8, 4) is 0 Å². The zero-order chi connectivity index (χ0) is 10.5. The van der Waals surface area contributed by atoms with Gasteiger partial charge in [0.25, 0.3) is 0 Å². The molecule has 0 spiro atoms. The summed E-state index contributed by atoms with van der Waals surface area (Å²) in [5.41, 5.74) is 0.